The van der Waals surface area contributed by atoms with E-state index in [1.807, 2.05) is 6.92 Å². The maximum absolute atomic E-state index is 12.2. The molecule has 0 aromatic carbocycles. The molecule has 0 spiro atoms. The van der Waals surface area contributed by atoms with E-state index in [0.717, 1.165) is 31.7 Å². The standard InChI is InChI=1S/C14H21NO5S/c1-10(11-6-4-2-3-5-7-11)15-21(18,19)13-9-8-12(20-13)14(16)17/h8-11,15H,2-7H2,1H3,(H,16,17)/t10-/m1/s1. The Morgan fingerprint density at radius 1 is 1.29 bits per heavy atom. The number of sulfonamides is 1. The summed E-state index contributed by atoms with van der Waals surface area (Å²) >= 11 is 0. The third-order valence-electron chi connectivity index (χ3n) is 4.00. The minimum absolute atomic E-state index is 0.188. The van der Waals surface area contributed by atoms with Gasteiger partial charge >= 0.3 is 5.97 Å². The number of hydrogen-bond donors (Lipinski definition) is 2. The zero-order valence-corrected chi connectivity index (χ0v) is 12.9. The van der Waals surface area contributed by atoms with Gasteiger partial charge in [-0.2, -0.15) is 0 Å². The van der Waals surface area contributed by atoms with E-state index in [-0.39, 0.29) is 16.9 Å². The second-order valence-electron chi connectivity index (χ2n) is 5.59. The molecular formula is C14H21NO5S. The molecule has 0 unspecified atom stereocenters. The van der Waals surface area contributed by atoms with Gasteiger partial charge in [0.2, 0.25) is 10.9 Å². The van der Waals surface area contributed by atoms with Crippen molar-refractivity contribution < 1.29 is 22.7 Å². The summed E-state index contributed by atoms with van der Waals surface area (Å²) in [6, 6.07) is 2.13. The fraction of sp³-hybridized carbons (Fsp3) is 0.643. The lowest BCUT2D eigenvalue weighted by Gasteiger charge is -2.22. The van der Waals surface area contributed by atoms with Crippen LogP contribution in [0.3, 0.4) is 0 Å². The summed E-state index contributed by atoms with van der Waals surface area (Å²) in [5.74, 6) is -1.35. The lowest BCUT2D eigenvalue weighted by Crippen LogP contribution is -2.37. The van der Waals surface area contributed by atoms with E-state index in [0.29, 0.717) is 5.92 Å². The maximum Gasteiger partial charge on any atom is 0.371 e. The molecule has 1 atom stereocenters. The van der Waals surface area contributed by atoms with Gasteiger partial charge in [0.1, 0.15) is 0 Å². The van der Waals surface area contributed by atoms with Gasteiger partial charge in [-0.05, 0) is 37.8 Å². The van der Waals surface area contributed by atoms with Crippen molar-refractivity contribution in [3.05, 3.63) is 17.9 Å². The highest BCUT2D eigenvalue weighted by Crippen LogP contribution is 2.26. The van der Waals surface area contributed by atoms with Crippen LogP contribution < -0.4 is 4.72 Å². The highest BCUT2D eigenvalue weighted by molar-refractivity contribution is 7.89. The first-order chi connectivity index (χ1) is 9.90. The predicted octanol–water partition coefficient (Wildman–Crippen LogP) is 2.62. The average Bonchev–Trinajstić information content (AvgIpc) is 2.76. The van der Waals surface area contributed by atoms with Crippen LogP contribution in [0.1, 0.15) is 56.0 Å². The first-order valence-electron chi connectivity index (χ1n) is 7.25. The number of aromatic carboxylic acids is 1. The minimum Gasteiger partial charge on any atom is -0.475 e. The van der Waals surface area contributed by atoms with Gasteiger partial charge in [0, 0.05) is 6.04 Å². The van der Waals surface area contributed by atoms with E-state index in [2.05, 4.69) is 4.72 Å². The Morgan fingerprint density at radius 2 is 1.90 bits per heavy atom. The van der Waals surface area contributed by atoms with Crippen molar-refractivity contribution in [1.82, 2.24) is 4.72 Å². The first-order valence-corrected chi connectivity index (χ1v) is 8.74. The number of furan rings is 1. The fourth-order valence-corrected chi connectivity index (χ4v) is 4.03. The summed E-state index contributed by atoms with van der Waals surface area (Å²) in [7, 11) is -3.81. The highest BCUT2D eigenvalue weighted by Gasteiger charge is 2.27. The van der Waals surface area contributed by atoms with Gasteiger partial charge in [-0.3, -0.25) is 0 Å². The quantitative estimate of drug-likeness (QED) is 0.814. The predicted molar refractivity (Wildman–Crippen MR) is 76.6 cm³/mol. The topological polar surface area (TPSA) is 96.6 Å². The normalized spacial score (nSPS) is 19.1. The Labute approximate surface area is 124 Å². The second kappa shape index (κ2) is 6.62. The number of carboxylic acid groups (broad SMARTS) is 1. The zero-order valence-electron chi connectivity index (χ0n) is 12.0. The molecule has 1 aromatic heterocycles. The third kappa shape index (κ3) is 4.07. The van der Waals surface area contributed by atoms with Gasteiger partial charge in [-0.15, -0.1) is 0 Å². The second-order valence-corrected chi connectivity index (χ2v) is 7.23. The lowest BCUT2D eigenvalue weighted by atomic mass is 9.94. The Morgan fingerprint density at radius 3 is 2.43 bits per heavy atom. The summed E-state index contributed by atoms with van der Waals surface area (Å²) < 4.78 is 31.9. The molecule has 0 aliphatic heterocycles. The lowest BCUT2D eigenvalue weighted by molar-refractivity contribution is 0.0656. The van der Waals surface area contributed by atoms with Crippen molar-refractivity contribution in [3.8, 4) is 0 Å². The SMILES string of the molecule is C[C@@H](NS(=O)(=O)c1ccc(C(=O)O)o1)C1CCCCCC1. The van der Waals surface area contributed by atoms with E-state index < -0.39 is 16.0 Å². The molecular weight excluding hydrogens is 294 g/mol. The van der Waals surface area contributed by atoms with Gasteiger partial charge in [0.25, 0.3) is 10.0 Å². The molecule has 1 aromatic rings. The van der Waals surface area contributed by atoms with Crippen LogP contribution in [0, 0.1) is 5.92 Å². The molecule has 1 aliphatic rings. The van der Waals surface area contributed by atoms with Crippen LogP contribution in [0.5, 0.6) is 0 Å². The van der Waals surface area contributed by atoms with Crippen LogP contribution in [-0.2, 0) is 10.0 Å². The molecule has 1 heterocycles. The number of carbonyl (C=O) groups is 1. The van der Waals surface area contributed by atoms with E-state index in [1.54, 1.807) is 0 Å². The van der Waals surface area contributed by atoms with Crippen molar-refractivity contribution in [1.29, 1.82) is 0 Å². The van der Waals surface area contributed by atoms with Crippen LogP contribution in [0.25, 0.3) is 0 Å². The molecule has 0 saturated heterocycles. The maximum atomic E-state index is 12.2. The van der Waals surface area contributed by atoms with Gasteiger partial charge in [0.15, 0.2) is 0 Å². The van der Waals surface area contributed by atoms with Crippen LogP contribution in [0.15, 0.2) is 21.6 Å². The molecule has 0 amide bonds. The summed E-state index contributed by atoms with van der Waals surface area (Å²) in [4.78, 5) is 10.7. The molecule has 1 fully saturated rings. The van der Waals surface area contributed by atoms with Crippen LogP contribution >= 0.6 is 0 Å². The number of hydrogen-bond acceptors (Lipinski definition) is 4. The van der Waals surface area contributed by atoms with Crippen LogP contribution in [0.2, 0.25) is 0 Å². The van der Waals surface area contributed by atoms with Crippen molar-refractivity contribution in [2.75, 3.05) is 0 Å². The van der Waals surface area contributed by atoms with Crippen molar-refractivity contribution in [2.45, 2.75) is 56.6 Å². The molecule has 2 N–H and O–H groups in total. The third-order valence-corrected chi connectivity index (χ3v) is 5.44. The minimum atomic E-state index is -3.81. The summed E-state index contributed by atoms with van der Waals surface area (Å²) in [6.07, 6.45) is 6.69. The van der Waals surface area contributed by atoms with Gasteiger partial charge in [-0.25, -0.2) is 17.9 Å². The van der Waals surface area contributed by atoms with Crippen LogP contribution in [0.4, 0.5) is 0 Å². The van der Waals surface area contributed by atoms with E-state index in [9.17, 15) is 13.2 Å². The summed E-state index contributed by atoms with van der Waals surface area (Å²) in [5.41, 5.74) is 0. The molecule has 0 bridgehead atoms. The Bertz CT molecular complexity index is 584. The molecule has 6 nitrogen and oxygen atoms in total. The largest absolute Gasteiger partial charge is 0.475 e. The number of carboxylic acids is 1. The summed E-state index contributed by atoms with van der Waals surface area (Å²) in [6.45, 7) is 1.86. The Kier molecular flexibility index (Phi) is 5.05. The number of rotatable bonds is 5. The zero-order chi connectivity index (χ0) is 15.5. The van der Waals surface area contributed by atoms with E-state index in [1.165, 1.54) is 18.9 Å². The molecule has 1 saturated carbocycles. The monoisotopic (exact) mass is 315 g/mol. The van der Waals surface area contributed by atoms with Gasteiger partial charge in [0.05, 0.1) is 0 Å². The smallest absolute Gasteiger partial charge is 0.371 e. The molecule has 118 valence electrons. The summed E-state index contributed by atoms with van der Waals surface area (Å²) in [5, 5.41) is 8.43. The fourth-order valence-electron chi connectivity index (χ4n) is 2.79. The van der Waals surface area contributed by atoms with Crippen molar-refractivity contribution >= 4 is 16.0 Å². The molecule has 1 aliphatic carbocycles. The van der Waals surface area contributed by atoms with Gasteiger partial charge < -0.3 is 9.52 Å². The Balaban J connectivity index is 2.06. The molecule has 0 radical (unpaired) electrons. The highest BCUT2D eigenvalue weighted by atomic mass is 32.2. The first kappa shape index (κ1) is 16.0. The average molecular weight is 315 g/mol. The van der Waals surface area contributed by atoms with Gasteiger partial charge in [-0.1, -0.05) is 25.7 Å². The van der Waals surface area contributed by atoms with E-state index >= 15 is 0 Å². The molecule has 7 heteroatoms. The molecule has 21 heavy (non-hydrogen) atoms. The van der Waals surface area contributed by atoms with E-state index in [4.69, 9.17) is 9.52 Å². The van der Waals surface area contributed by atoms with Crippen molar-refractivity contribution in [3.63, 3.8) is 0 Å². The van der Waals surface area contributed by atoms with Crippen LogP contribution in [-0.4, -0.2) is 25.5 Å². The Hall–Kier alpha value is -1.34. The molecule has 2 rings (SSSR count). The number of nitrogens with one attached hydrogen (secondary N) is 1. The van der Waals surface area contributed by atoms with Crippen molar-refractivity contribution in [2.24, 2.45) is 5.92 Å².